The van der Waals surface area contributed by atoms with Gasteiger partial charge in [0.2, 0.25) is 0 Å². The van der Waals surface area contributed by atoms with E-state index in [0.717, 1.165) is 6.26 Å². The fraction of sp³-hybridized carbons (Fsp3) is 0.400. The number of esters is 1. The first kappa shape index (κ1) is 19.6. The summed E-state index contributed by atoms with van der Waals surface area (Å²) in [4.78, 5) is 34.9. The molecule has 0 spiro atoms. The first-order valence-corrected chi connectivity index (χ1v) is 8.87. The minimum atomic E-state index is -3.62. The third-order valence-corrected chi connectivity index (χ3v) is 3.74. The highest BCUT2D eigenvalue weighted by Crippen LogP contribution is 2.16. The normalized spacial score (nSPS) is 11.5. The molecule has 0 unspecified atom stereocenters. The number of benzene rings is 1. The standard InChI is InChI=1S/C15H20N2O6S/c1-15(2,3)17-14(20)16-12(18)9-23-13(19)10-7-5-6-8-11(10)24(4,21)22/h5-8H,9H2,1-4H3,(H2,16,17,18,20). The molecule has 3 amide bonds. The number of carbonyl (C=O) groups is 3. The van der Waals surface area contributed by atoms with Crippen molar-refractivity contribution >= 4 is 27.7 Å². The second kappa shape index (κ2) is 7.43. The van der Waals surface area contributed by atoms with Crippen molar-refractivity contribution in [3.8, 4) is 0 Å². The SMILES string of the molecule is CC(C)(C)NC(=O)NC(=O)COC(=O)c1ccccc1S(C)(=O)=O. The number of urea groups is 1. The fourth-order valence-corrected chi connectivity index (χ4v) is 2.58. The molecule has 0 aliphatic carbocycles. The minimum Gasteiger partial charge on any atom is -0.452 e. The number of hydrogen-bond donors (Lipinski definition) is 2. The number of ether oxygens (including phenoxy) is 1. The summed E-state index contributed by atoms with van der Waals surface area (Å²) in [6.07, 6.45) is 0.961. The number of imide groups is 1. The Kier molecular flexibility index (Phi) is 6.08. The van der Waals surface area contributed by atoms with Crippen LogP contribution in [0.4, 0.5) is 4.79 Å². The number of rotatable bonds is 4. The molecule has 1 rings (SSSR count). The summed E-state index contributed by atoms with van der Waals surface area (Å²) < 4.78 is 28.0. The lowest BCUT2D eigenvalue weighted by Crippen LogP contribution is -2.49. The van der Waals surface area contributed by atoms with Gasteiger partial charge in [0.25, 0.3) is 5.91 Å². The monoisotopic (exact) mass is 356 g/mol. The van der Waals surface area contributed by atoms with Gasteiger partial charge in [-0.15, -0.1) is 0 Å². The van der Waals surface area contributed by atoms with Crippen LogP contribution in [0, 0.1) is 0 Å². The topological polar surface area (TPSA) is 119 Å². The van der Waals surface area contributed by atoms with Crippen LogP contribution in [0.3, 0.4) is 0 Å². The van der Waals surface area contributed by atoms with Crippen LogP contribution < -0.4 is 10.6 Å². The molecule has 1 aromatic carbocycles. The van der Waals surface area contributed by atoms with Crippen LogP contribution in [0.25, 0.3) is 0 Å². The van der Waals surface area contributed by atoms with Gasteiger partial charge in [-0.25, -0.2) is 18.0 Å². The zero-order valence-corrected chi connectivity index (χ0v) is 14.7. The van der Waals surface area contributed by atoms with Gasteiger partial charge >= 0.3 is 12.0 Å². The molecule has 0 bridgehead atoms. The maximum Gasteiger partial charge on any atom is 0.339 e. The van der Waals surface area contributed by atoms with Gasteiger partial charge < -0.3 is 10.1 Å². The Morgan fingerprint density at radius 3 is 2.25 bits per heavy atom. The molecule has 2 N–H and O–H groups in total. The number of hydrogen-bond acceptors (Lipinski definition) is 6. The van der Waals surface area contributed by atoms with Gasteiger partial charge in [-0.2, -0.15) is 0 Å². The van der Waals surface area contributed by atoms with Crippen LogP contribution >= 0.6 is 0 Å². The zero-order valence-electron chi connectivity index (χ0n) is 13.9. The summed E-state index contributed by atoms with van der Waals surface area (Å²) in [6.45, 7) is 4.49. The maximum absolute atomic E-state index is 12.0. The Morgan fingerprint density at radius 1 is 1.12 bits per heavy atom. The van der Waals surface area contributed by atoms with E-state index < -0.39 is 39.9 Å². The van der Waals surface area contributed by atoms with E-state index in [9.17, 15) is 22.8 Å². The predicted octanol–water partition coefficient (Wildman–Crippen LogP) is 0.871. The summed E-state index contributed by atoms with van der Waals surface area (Å²) in [5, 5.41) is 4.51. The zero-order chi connectivity index (χ0) is 18.5. The molecule has 0 aliphatic heterocycles. The lowest BCUT2D eigenvalue weighted by atomic mass is 10.1. The van der Waals surface area contributed by atoms with Crippen molar-refractivity contribution < 1.29 is 27.5 Å². The highest BCUT2D eigenvalue weighted by molar-refractivity contribution is 7.90. The van der Waals surface area contributed by atoms with Crippen molar-refractivity contribution in [3.63, 3.8) is 0 Å². The van der Waals surface area contributed by atoms with Crippen molar-refractivity contribution in [2.45, 2.75) is 31.2 Å². The van der Waals surface area contributed by atoms with Crippen LogP contribution in [-0.2, 0) is 19.4 Å². The van der Waals surface area contributed by atoms with Crippen molar-refractivity contribution in [3.05, 3.63) is 29.8 Å². The summed E-state index contributed by atoms with van der Waals surface area (Å²) in [7, 11) is -3.62. The summed E-state index contributed by atoms with van der Waals surface area (Å²) in [6, 6.07) is 4.77. The van der Waals surface area contributed by atoms with Crippen LogP contribution in [0.5, 0.6) is 0 Å². The van der Waals surface area contributed by atoms with Gasteiger partial charge in [-0.1, -0.05) is 12.1 Å². The molecule has 1 aromatic rings. The van der Waals surface area contributed by atoms with E-state index in [-0.39, 0.29) is 10.5 Å². The largest absolute Gasteiger partial charge is 0.452 e. The molecule has 8 nitrogen and oxygen atoms in total. The third-order valence-electron chi connectivity index (χ3n) is 2.58. The number of amides is 3. The Balaban J connectivity index is 2.68. The van der Waals surface area contributed by atoms with Gasteiger partial charge in [-0.3, -0.25) is 10.1 Å². The van der Waals surface area contributed by atoms with Gasteiger partial charge in [0.1, 0.15) is 0 Å². The first-order chi connectivity index (χ1) is 10.9. The molecule has 0 saturated heterocycles. The first-order valence-electron chi connectivity index (χ1n) is 6.98. The minimum absolute atomic E-state index is 0.174. The highest BCUT2D eigenvalue weighted by atomic mass is 32.2. The molecule has 0 heterocycles. The Hall–Kier alpha value is -2.42. The average molecular weight is 356 g/mol. The van der Waals surface area contributed by atoms with Crippen LogP contribution in [0.1, 0.15) is 31.1 Å². The third kappa shape index (κ3) is 6.37. The van der Waals surface area contributed by atoms with E-state index in [2.05, 4.69) is 5.32 Å². The molecule has 24 heavy (non-hydrogen) atoms. The number of nitrogens with one attached hydrogen (secondary N) is 2. The van der Waals surface area contributed by atoms with E-state index in [1.807, 2.05) is 5.32 Å². The predicted molar refractivity (Wildman–Crippen MR) is 86.3 cm³/mol. The second-order valence-electron chi connectivity index (χ2n) is 6.10. The number of carbonyl (C=O) groups excluding carboxylic acids is 3. The van der Waals surface area contributed by atoms with Gasteiger partial charge in [0, 0.05) is 11.8 Å². The molecule has 0 aliphatic rings. The second-order valence-corrected chi connectivity index (χ2v) is 8.08. The summed E-state index contributed by atoms with van der Waals surface area (Å²) >= 11 is 0. The van der Waals surface area contributed by atoms with E-state index in [1.54, 1.807) is 20.8 Å². The van der Waals surface area contributed by atoms with Crippen LogP contribution in [-0.4, -0.2) is 44.7 Å². The molecule has 0 radical (unpaired) electrons. The van der Waals surface area contributed by atoms with Gasteiger partial charge in [0.05, 0.1) is 10.5 Å². The van der Waals surface area contributed by atoms with E-state index in [1.165, 1.54) is 24.3 Å². The van der Waals surface area contributed by atoms with Crippen molar-refractivity contribution in [2.75, 3.05) is 12.9 Å². The fourth-order valence-electron chi connectivity index (χ4n) is 1.70. The smallest absolute Gasteiger partial charge is 0.339 e. The van der Waals surface area contributed by atoms with Crippen molar-refractivity contribution in [2.24, 2.45) is 0 Å². The maximum atomic E-state index is 12.0. The van der Waals surface area contributed by atoms with Crippen LogP contribution in [0.15, 0.2) is 29.2 Å². The molecule has 0 fully saturated rings. The molecule has 0 aromatic heterocycles. The van der Waals surface area contributed by atoms with Gasteiger partial charge in [0.15, 0.2) is 16.4 Å². The quantitative estimate of drug-likeness (QED) is 0.773. The van der Waals surface area contributed by atoms with E-state index in [4.69, 9.17) is 4.74 Å². The molecular weight excluding hydrogens is 336 g/mol. The Bertz CT molecular complexity index is 749. The van der Waals surface area contributed by atoms with Crippen molar-refractivity contribution in [1.82, 2.24) is 10.6 Å². The Labute approximate surface area is 140 Å². The van der Waals surface area contributed by atoms with E-state index >= 15 is 0 Å². The molecule has 132 valence electrons. The summed E-state index contributed by atoms with van der Waals surface area (Å²) in [5.74, 6) is -1.80. The van der Waals surface area contributed by atoms with E-state index in [0.29, 0.717) is 0 Å². The number of sulfone groups is 1. The van der Waals surface area contributed by atoms with Crippen molar-refractivity contribution in [1.29, 1.82) is 0 Å². The summed E-state index contributed by atoms with van der Waals surface area (Å²) in [5.41, 5.74) is -0.706. The lowest BCUT2D eigenvalue weighted by molar-refractivity contribution is -0.123. The molecule has 9 heteroatoms. The average Bonchev–Trinajstić information content (AvgIpc) is 2.41. The van der Waals surface area contributed by atoms with Crippen LogP contribution in [0.2, 0.25) is 0 Å². The lowest BCUT2D eigenvalue weighted by Gasteiger charge is -2.20. The molecule has 0 atom stereocenters. The molecule has 0 saturated carbocycles. The van der Waals surface area contributed by atoms with Gasteiger partial charge in [-0.05, 0) is 32.9 Å². The highest BCUT2D eigenvalue weighted by Gasteiger charge is 2.21. The molecular formula is C15H20N2O6S. The Morgan fingerprint density at radius 2 is 1.71 bits per heavy atom.